The van der Waals surface area contributed by atoms with Crippen molar-refractivity contribution in [2.45, 2.75) is 143 Å². The molecule has 3 N–H and O–H groups in total. The van der Waals surface area contributed by atoms with Gasteiger partial charge in [0.05, 0.1) is 29.5 Å². The van der Waals surface area contributed by atoms with Crippen LogP contribution in [0.1, 0.15) is 113 Å². The fourth-order valence-electron chi connectivity index (χ4n) is 11.5. The standard InChI is InChI=1S/C30H52O4/c1-25(2)12-9-13-30(8,34-25)18-10-15-28(6)23(18)19(31)16-21-27(5)14-11-22(33)26(3,4)24(27)20(32)17-29(21,28)7/h18-24,31-33H,9-17H2,1-8H3/t18-,19-,20-,21-,22+,23+,24+,27+,28-,29-,30-/m1/s1. The molecule has 0 unspecified atom stereocenters. The molecule has 0 aromatic heterocycles. The number of fused-ring (bicyclic) bond motifs is 5. The molecular weight excluding hydrogens is 424 g/mol. The van der Waals surface area contributed by atoms with Crippen molar-refractivity contribution in [1.29, 1.82) is 0 Å². The van der Waals surface area contributed by atoms with Gasteiger partial charge < -0.3 is 20.1 Å². The van der Waals surface area contributed by atoms with Gasteiger partial charge in [-0.15, -0.1) is 0 Å². The normalized spacial score (nSPS) is 58.5. The van der Waals surface area contributed by atoms with E-state index in [4.69, 9.17) is 4.74 Å². The van der Waals surface area contributed by atoms with Gasteiger partial charge >= 0.3 is 0 Å². The summed E-state index contributed by atoms with van der Waals surface area (Å²) in [5.41, 5.74) is -0.739. The first-order valence-electron chi connectivity index (χ1n) is 14.3. The highest BCUT2D eigenvalue weighted by Gasteiger charge is 2.73. The van der Waals surface area contributed by atoms with E-state index < -0.39 is 6.10 Å². The molecule has 4 nitrogen and oxygen atoms in total. The average Bonchev–Trinajstić information content (AvgIpc) is 3.07. The molecule has 4 saturated carbocycles. The SMILES string of the molecule is CC1(C)CCC[C@](C)([C@@H]2CC[C@]3(C)[C@@H]2[C@H](O)C[C@@H]2[C@]4(C)CC[C@H](O)C(C)(C)[C@@H]4[C@H](O)C[C@]23C)O1. The molecule has 0 radical (unpaired) electrons. The molecule has 0 aromatic carbocycles. The van der Waals surface area contributed by atoms with Gasteiger partial charge in [0, 0.05) is 0 Å². The summed E-state index contributed by atoms with van der Waals surface area (Å²) in [4.78, 5) is 0. The molecule has 34 heavy (non-hydrogen) atoms. The van der Waals surface area contributed by atoms with Crippen molar-refractivity contribution in [2.24, 2.45) is 45.3 Å². The Hall–Kier alpha value is -0.160. The fraction of sp³-hybridized carbons (Fsp3) is 1.00. The van der Waals surface area contributed by atoms with E-state index in [1.54, 1.807) is 0 Å². The molecular formula is C30H52O4. The molecule has 0 spiro atoms. The second kappa shape index (κ2) is 7.45. The summed E-state index contributed by atoms with van der Waals surface area (Å²) in [7, 11) is 0. The van der Waals surface area contributed by atoms with Crippen LogP contribution in [-0.4, -0.2) is 44.8 Å². The zero-order valence-electron chi connectivity index (χ0n) is 23.2. The van der Waals surface area contributed by atoms with E-state index in [1.165, 1.54) is 6.42 Å². The van der Waals surface area contributed by atoms with Crippen LogP contribution >= 0.6 is 0 Å². The number of aliphatic hydroxyl groups excluding tert-OH is 3. The van der Waals surface area contributed by atoms with Crippen LogP contribution in [0.5, 0.6) is 0 Å². The van der Waals surface area contributed by atoms with Crippen molar-refractivity contribution in [3.63, 3.8) is 0 Å². The minimum absolute atomic E-state index is 0.0247. The van der Waals surface area contributed by atoms with Crippen molar-refractivity contribution in [3.8, 4) is 0 Å². The van der Waals surface area contributed by atoms with Crippen molar-refractivity contribution < 1.29 is 20.1 Å². The van der Waals surface area contributed by atoms with Crippen molar-refractivity contribution in [2.75, 3.05) is 0 Å². The van der Waals surface area contributed by atoms with Gasteiger partial charge in [0.1, 0.15) is 0 Å². The van der Waals surface area contributed by atoms with Crippen molar-refractivity contribution >= 4 is 0 Å². The summed E-state index contributed by atoms with van der Waals surface area (Å²) < 4.78 is 6.83. The van der Waals surface area contributed by atoms with Crippen LogP contribution in [-0.2, 0) is 4.74 Å². The number of rotatable bonds is 1. The number of hydrogen-bond donors (Lipinski definition) is 3. The number of hydrogen-bond acceptors (Lipinski definition) is 4. The van der Waals surface area contributed by atoms with Gasteiger partial charge in [0.2, 0.25) is 0 Å². The fourth-order valence-corrected chi connectivity index (χ4v) is 11.5. The van der Waals surface area contributed by atoms with Crippen LogP contribution in [0, 0.1) is 45.3 Å². The molecule has 196 valence electrons. The highest BCUT2D eigenvalue weighted by Crippen LogP contribution is 2.76. The third-order valence-electron chi connectivity index (χ3n) is 13.0. The average molecular weight is 477 g/mol. The minimum Gasteiger partial charge on any atom is -0.393 e. The highest BCUT2D eigenvalue weighted by atomic mass is 16.5. The maximum Gasteiger partial charge on any atom is 0.0693 e. The first kappa shape index (κ1) is 25.5. The lowest BCUT2D eigenvalue weighted by atomic mass is 9.34. The lowest BCUT2D eigenvalue weighted by Gasteiger charge is -2.71. The second-order valence-electron chi connectivity index (χ2n) is 15.5. The predicted molar refractivity (Wildman–Crippen MR) is 135 cm³/mol. The van der Waals surface area contributed by atoms with Crippen LogP contribution in [0.3, 0.4) is 0 Å². The Labute approximate surface area is 208 Å². The Balaban J connectivity index is 1.54. The van der Waals surface area contributed by atoms with Gasteiger partial charge in [-0.3, -0.25) is 0 Å². The van der Waals surface area contributed by atoms with E-state index in [0.717, 1.165) is 51.4 Å². The molecule has 0 bridgehead atoms. The van der Waals surface area contributed by atoms with Crippen LogP contribution in [0.2, 0.25) is 0 Å². The molecule has 5 aliphatic rings. The predicted octanol–water partition coefficient (Wildman–Crippen LogP) is 5.71. The maximum atomic E-state index is 11.9. The van der Waals surface area contributed by atoms with Gasteiger partial charge in [-0.05, 0) is 124 Å². The molecule has 1 aliphatic heterocycles. The maximum absolute atomic E-state index is 11.9. The third-order valence-corrected chi connectivity index (χ3v) is 13.0. The zero-order valence-corrected chi connectivity index (χ0v) is 23.2. The second-order valence-corrected chi connectivity index (χ2v) is 15.5. The molecule has 4 heteroatoms. The smallest absolute Gasteiger partial charge is 0.0693 e. The lowest BCUT2D eigenvalue weighted by Crippen LogP contribution is -2.70. The summed E-state index contributed by atoms with van der Waals surface area (Å²) in [5, 5.41) is 34.6. The van der Waals surface area contributed by atoms with E-state index >= 15 is 0 Å². The summed E-state index contributed by atoms with van der Waals surface area (Å²) in [5.74, 6) is 0.984. The topological polar surface area (TPSA) is 69.9 Å². The first-order valence-corrected chi connectivity index (χ1v) is 14.3. The van der Waals surface area contributed by atoms with Crippen molar-refractivity contribution in [3.05, 3.63) is 0 Å². The third kappa shape index (κ3) is 3.16. The summed E-state index contributed by atoms with van der Waals surface area (Å²) in [6, 6.07) is 0. The molecule has 5 rings (SSSR count). The van der Waals surface area contributed by atoms with Gasteiger partial charge in [-0.25, -0.2) is 0 Å². The molecule has 0 amide bonds. The Morgan fingerprint density at radius 3 is 2.06 bits per heavy atom. The Kier molecular flexibility index (Phi) is 5.59. The van der Waals surface area contributed by atoms with Crippen molar-refractivity contribution in [1.82, 2.24) is 0 Å². The molecule has 1 saturated heterocycles. The van der Waals surface area contributed by atoms with E-state index in [9.17, 15) is 15.3 Å². The van der Waals surface area contributed by atoms with Crippen LogP contribution in [0.25, 0.3) is 0 Å². The molecule has 0 aromatic rings. The Bertz CT molecular complexity index is 823. The summed E-state index contributed by atoms with van der Waals surface area (Å²) in [6.45, 7) is 18.4. The monoisotopic (exact) mass is 476 g/mol. The lowest BCUT2D eigenvalue weighted by molar-refractivity contribution is -0.279. The summed E-state index contributed by atoms with van der Waals surface area (Å²) in [6.07, 6.45) is 7.79. The number of ether oxygens (including phenoxy) is 1. The molecule has 11 atom stereocenters. The van der Waals surface area contributed by atoms with Crippen LogP contribution < -0.4 is 0 Å². The van der Waals surface area contributed by atoms with E-state index in [1.807, 2.05) is 0 Å². The van der Waals surface area contributed by atoms with Gasteiger partial charge in [-0.2, -0.15) is 0 Å². The molecule has 5 fully saturated rings. The van der Waals surface area contributed by atoms with Crippen LogP contribution in [0.15, 0.2) is 0 Å². The van der Waals surface area contributed by atoms with Crippen LogP contribution in [0.4, 0.5) is 0 Å². The van der Waals surface area contributed by atoms with E-state index in [2.05, 4.69) is 55.4 Å². The quantitative estimate of drug-likeness (QED) is 0.453. The van der Waals surface area contributed by atoms with Gasteiger partial charge in [0.15, 0.2) is 0 Å². The Morgan fingerprint density at radius 2 is 1.41 bits per heavy atom. The Morgan fingerprint density at radius 1 is 0.735 bits per heavy atom. The highest BCUT2D eigenvalue weighted by molar-refractivity contribution is 5.21. The summed E-state index contributed by atoms with van der Waals surface area (Å²) >= 11 is 0. The van der Waals surface area contributed by atoms with Gasteiger partial charge in [0.25, 0.3) is 0 Å². The molecule has 1 heterocycles. The zero-order chi connectivity index (χ0) is 25.1. The first-order chi connectivity index (χ1) is 15.5. The van der Waals surface area contributed by atoms with E-state index in [-0.39, 0.29) is 56.9 Å². The van der Waals surface area contributed by atoms with Gasteiger partial charge in [-0.1, -0.05) is 34.6 Å². The molecule has 4 aliphatic carbocycles. The van der Waals surface area contributed by atoms with E-state index in [0.29, 0.717) is 11.8 Å². The minimum atomic E-state index is -0.414. The number of aliphatic hydroxyl groups is 3. The largest absolute Gasteiger partial charge is 0.393 e.